The summed E-state index contributed by atoms with van der Waals surface area (Å²) in [5, 5.41) is 0.242. The summed E-state index contributed by atoms with van der Waals surface area (Å²) >= 11 is 5.79. The SMILES string of the molecule is CC(C)c1ncc(C(N)=O)nc1Cl. The third-order valence-electron chi connectivity index (χ3n) is 1.56. The first-order valence-corrected chi connectivity index (χ1v) is 4.22. The molecule has 0 aromatic carbocycles. The maximum absolute atomic E-state index is 10.7. The fraction of sp³-hybridized carbons (Fsp3) is 0.375. The van der Waals surface area contributed by atoms with Crippen LogP contribution >= 0.6 is 11.6 Å². The molecule has 0 saturated carbocycles. The largest absolute Gasteiger partial charge is 0.364 e. The van der Waals surface area contributed by atoms with Gasteiger partial charge >= 0.3 is 0 Å². The fourth-order valence-electron chi connectivity index (χ4n) is 0.882. The Morgan fingerprint density at radius 2 is 2.23 bits per heavy atom. The standard InChI is InChI=1S/C8H10ClN3O/c1-4(2)6-7(9)12-5(3-11-6)8(10)13/h3-4H,1-2H3,(H2,10,13). The van der Waals surface area contributed by atoms with Crippen LogP contribution in [-0.4, -0.2) is 15.9 Å². The van der Waals surface area contributed by atoms with Crippen molar-refractivity contribution in [2.45, 2.75) is 19.8 Å². The van der Waals surface area contributed by atoms with Gasteiger partial charge < -0.3 is 5.73 Å². The van der Waals surface area contributed by atoms with E-state index in [1.807, 2.05) is 13.8 Å². The Balaban J connectivity index is 3.13. The van der Waals surface area contributed by atoms with E-state index in [9.17, 15) is 4.79 Å². The highest BCUT2D eigenvalue weighted by Gasteiger charge is 2.11. The van der Waals surface area contributed by atoms with Gasteiger partial charge in [0.2, 0.25) is 0 Å². The Morgan fingerprint density at radius 3 is 2.62 bits per heavy atom. The first-order valence-electron chi connectivity index (χ1n) is 3.84. The molecule has 5 heteroatoms. The van der Waals surface area contributed by atoms with Crippen LogP contribution < -0.4 is 5.73 Å². The van der Waals surface area contributed by atoms with Crippen LogP contribution in [0, 0.1) is 0 Å². The molecule has 70 valence electrons. The van der Waals surface area contributed by atoms with E-state index in [1.54, 1.807) is 0 Å². The Morgan fingerprint density at radius 1 is 1.62 bits per heavy atom. The Kier molecular flexibility index (Phi) is 2.83. The Bertz CT molecular complexity index is 338. The van der Waals surface area contributed by atoms with E-state index in [2.05, 4.69) is 9.97 Å². The van der Waals surface area contributed by atoms with Crippen LogP contribution in [0.15, 0.2) is 6.20 Å². The lowest BCUT2D eigenvalue weighted by molar-refractivity contribution is 0.0995. The zero-order valence-electron chi connectivity index (χ0n) is 7.41. The van der Waals surface area contributed by atoms with Gasteiger partial charge in [-0.15, -0.1) is 0 Å². The minimum Gasteiger partial charge on any atom is -0.364 e. The molecule has 0 unspecified atom stereocenters. The average molecular weight is 200 g/mol. The molecule has 0 spiro atoms. The van der Waals surface area contributed by atoms with Crippen LogP contribution in [0.4, 0.5) is 0 Å². The van der Waals surface area contributed by atoms with E-state index in [-0.39, 0.29) is 16.8 Å². The molecule has 0 bridgehead atoms. The Hall–Kier alpha value is -1.16. The van der Waals surface area contributed by atoms with Gasteiger partial charge in [-0.25, -0.2) is 4.98 Å². The molecule has 0 fully saturated rings. The first-order chi connectivity index (χ1) is 6.02. The van der Waals surface area contributed by atoms with E-state index in [0.717, 1.165) is 0 Å². The molecule has 0 aliphatic carbocycles. The highest BCUT2D eigenvalue weighted by atomic mass is 35.5. The molecule has 4 nitrogen and oxygen atoms in total. The topological polar surface area (TPSA) is 68.9 Å². The van der Waals surface area contributed by atoms with Gasteiger partial charge in [-0.05, 0) is 5.92 Å². The van der Waals surface area contributed by atoms with E-state index in [1.165, 1.54) is 6.20 Å². The molecular formula is C8H10ClN3O. The molecule has 0 atom stereocenters. The number of rotatable bonds is 2. The summed E-state index contributed by atoms with van der Waals surface area (Å²) in [6.45, 7) is 3.89. The van der Waals surface area contributed by atoms with Crippen molar-refractivity contribution in [1.82, 2.24) is 9.97 Å². The number of nitrogens with two attached hydrogens (primary N) is 1. The molecule has 1 heterocycles. The average Bonchev–Trinajstić information content (AvgIpc) is 2.03. The second kappa shape index (κ2) is 3.70. The molecular weight excluding hydrogens is 190 g/mol. The maximum Gasteiger partial charge on any atom is 0.268 e. The summed E-state index contributed by atoms with van der Waals surface area (Å²) in [7, 11) is 0. The van der Waals surface area contributed by atoms with Gasteiger partial charge in [-0.3, -0.25) is 9.78 Å². The minimum absolute atomic E-state index is 0.0920. The molecule has 1 amide bonds. The molecule has 13 heavy (non-hydrogen) atoms. The van der Waals surface area contributed by atoms with Crippen LogP contribution in [0.3, 0.4) is 0 Å². The predicted octanol–water partition coefficient (Wildman–Crippen LogP) is 1.35. The number of hydrogen-bond acceptors (Lipinski definition) is 3. The van der Waals surface area contributed by atoms with Gasteiger partial charge in [0, 0.05) is 0 Å². The van der Waals surface area contributed by atoms with Crippen molar-refractivity contribution in [3.63, 3.8) is 0 Å². The van der Waals surface area contributed by atoms with Crippen LogP contribution in [0.25, 0.3) is 0 Å². The molecule has 0 radical (unpaired) electrons. The molecule has 1 aromatic rings. The van der Waals surface area contributed by atoms with Crippen LogP contribution in [0.1, 0.15) is 35.9 Å². The summed E-state index contributed by atoms with van der Waals surface area (Å²) in [6, 6.07) is 0. The number of halogens is 1. The summed E-state index contributed by atoms with van der Waals surface area (Å²) < 4.78 is 0. The zero-order valence-corrected chi connectivity index (χ0v) is 8.17. The predicted molar refractivity (Wildman–Crippen MR) is 49.6 cm³/mol. The van der Waals surface area contributed by atoms with Crippen molar-refractivity contribution >= 4 is 17.5 Å². The monoisotopic (exact) mass is 199 g/mol. The minimum atomic E-state index is -0.621. The molecule has 1 aromatic heterocycles. The maximum atomic E-state index is 10.7. The fourth-order valence-corrected chi connectivity index (χ4v) is 1.24. The lowest BCUT2D eigenvalue weighted by Crippen LogP contribution is -2.14. The normalized spacial score (nSPS) is 10.5. The smallest absolute Gasteiger partial charge is 0.268 e. The highest BCUT2D eigenvalue weighted by molar-refractivity contribution is 6.30. The van der Waals surface area contributed by atoms with Crippen molar-refractivity contribution in [3.8, 4) is 0 Å². The lowest BCUT2D eigenvalue weighted by Gasteiger charge is -2.05. The molecule has 0 aliphatic rings. The Labute approximate surface area is 81.1 Å². The van der Waals surface area contributed by atoms with Gasteiger partial charge in [-0.2, -0.15) is 0 Å². The van der Waals surface area contributed by atoms with E-state index in [4.69, 9.17) is 17.3 Å². The van der Waals surface area contributed by atoms with Crippen LogP contribution in [-0.2, 0) is 0 Å². The second-order valence-corrected chi connectivity index (χ2v) is 3.31. The summed E-state index contributed by atoms with van der Waals surface area (Å²) in [4.78, 5) is 18.5. The molecule has 1 rings (SSSR count). The number of amides is 1. The van der Waals surface area contributed by atoms with Gasteiger partial charge in [0.05, 0.1) is 11.9 Å². The van der Waals surface area contributed by atoms with Crippen molar-refractivity contribution in [1.29, 1.82) is 0 Å². The van der Waals surface area contributed by atoms with Gasteiger partial charge in [-0.1, -0.05) is 25.4 Å². The molecule has 0 saturated heterocycles. The number of primary amides is 1. The highest BCUT2D eigenvalue weighted by Crippen LogP contribution is 2.19. The number of nitrogens with zero attached hydrogens (tertiary/aromatic N) is 2. The first kappa shape index (κ1) is 9.92. The van der Waals surface area contributed by atoms with Crippen LogP contribution in [0.2, 0.25) is 5.15 Å². The molecule has 0 aliphatic heterocycles. The number of aromatic nitrogens is 2. The second-order valence-electron chi connectivity index (χ2n) is 2.95. The van der Waals surface area contributed by atoms with Crippen molar-refractivity contribution in [2.24, 2.45) is 5.73 Å². The van der Waals surface area contributed by atoms with Gasteiger partial charge in [0.1, 0.15) is 5.69 Å². The van der Waals surface area contributed by atoms with Gasteiger partial charge in [0.15, 0.2) is 5.15 Å². The third kappa shape index (κ3) is 2.15. The van der Waals surface area contributed by atoms with E-state index >= 15 is 0 Å². The number of hydrogen-bond donors (Lipinski definition) is 1. The third-order valence-corrected chi connectivity index (χ3v) is 1.83. The zero-order chi connectivity index (χ0) is 10.0. The van der Waals surface area contributed by atoms with E-state index < -0.39 is 5.91 Å². The van der Waals surface area contributed by atoms with Crippen molar-refractivity contribution in [2.75, 3.05) is 0 Å². The summed E-state index contributed by atoms with van der Waals surface area (Å²) in [5.74, 6) is -0.438. The quantitative estimate of drug-likeness (QED) is 0.782. The van der Waals surface area contributed by atoms with Crippen molar-refractivity contribution in [3.05, 3.63) is 22.7 Å². The summed E-state index contributed by atoms with van der Waals surface area (Å²) in [5.41, 5.74) is 5.77. The van der Waals surface area contributed by atoms with Crippen molar-refractivity contribution < 1.29 is 4.79 Å². The van der Waals surface area contributed by atoms with Crippen LogP contribution in [0.5, 0.6) is 0 Å². The lowest BCUT2D eigenvalue weighted by atomic mass is 10.1. The van der Waals surface area contributed by atoms with Gasteiger partial charge in [0.25, 0.3) is 5.91 Å². The summed E-state index contributed by atoms with van der Waals surface area (Å²) in [6.07, 6.45) is 1.34. The molecule has 2 N–H and O–H groups in total. The number of carbonyl (C=O) groups is 1. The van der Waals surface area contributed by atoms with E-state index in [0.29, 0.717) is 5.69 Å². The number of carbonyl (C=O) groups excluding carboxylic acids is 1.